The SMILES string of the molecule is C[C@]12CCCC[C@@H]1[C@@H]2C(=O)N/N=C/c1ccc(Cl)cc1Cl. The molecule has 1 N–H and O–H groups in total. The summed E-state index contributed by atoms with van der Waals surface area (Å²) in [6, 6.07) is 5.18. The fourth-order valence-electron chi connectivity index (χ4n) is 3.69. The summed E-state index contributed by atoms with van der Waals surface area (Å²) in [6.07, 6.45) is 6.36. The molecule has 3 atom stereocenters. The van der Waals surface area contributed by atoms with Gasteiger partial charge in [-0.3, -0.25) is 4.79 Å². The van der Waals surface area contributed by atoms with Gasteiger partial charge in [-0.15, -0.1) is 0 Å². The lowest BCUT2D eigenvalue weighted by Gasteiger charge is -2.15. The molecule has 5 heteroatoms. The molecule has 1 amide bonds. The largest absolute Gasteiger partial charge is 0.273 e. The third kappa shape index (κ3) is 2.82. The van der Waals surface area contributed by atoms with Crippen LogP contribution in [0.1, 0.15) is 38.2 Å². The molecular weight excluding hydrogens is 307 g/mol. The number of nitrogens with zero attached hydrogens (tertiary/aromatic N) is 1. The van der Waals surface area contributed by atoms with Gasteiger partial charge in [0.05, 0.1) is 11.2 Å². The summed E-state index contributed by atoms with van der Waals surface area (Å²) in [5.41, 5.74) is 3.60. The summed E-state index contributed by atoms with van der Waals surface area (Å²) in [5, 5.41) is 5.13. The molecule has 2 aliphatic carbocycles. The van der Waals surface area contributed by atoms with Gasteiger partial charge >= 0.3 is 0 Å². The Morgan fingerprint density at radius 1 is 1.43 bits per heavy atom. The molecule has 2 aliphatic rings. The number of carbonyl (C=O) groups is 1. The molecule has 0 spiro atoms. The molecule has 0 aromatic heterocycles. The van der Waals surface area contributed by atoms with Gasteiger partial charge in [-0.1, -0.05) is 49.0 Å². The first-order valence-electron chi connectivity index (χ1n) is 7.30. The normalized spacial score (nSPS) is 31.0. The maximum Gasteiger partial charge on any atom is 0.244 e. The molecule has 0 bridgehead atoms. The molecule has 0 radical (unpaired) electrons. The number of carbonyl (C=O) groups excluding carboxylic acids is 1. The molecule has 3 nitrogen and oxygen atoms in total. The fourth-order valence-corrected chi connectivity index (χ4v) is 4.15. The van der Waals surface area contributed by atoms with Gasteiger partial charge in [-0.2, -0.15) is 5.10 Å². The first kappa shape index (κ1) is 14.9. The lowest BCUT2D eigenvalue weighted by atomic mass is 9.90. The Balaban J connectivity index is 1.60. The van der Waals surface area contributed by atoms with Crippen LogP contribution in [0.5, 0.6) is 0 Å². The number of hydrazone groups is 1. The standard InChI is InChI=1S/C16H18Cl2N2O/c1-16-7-3-2-4-12(16)14(16)15(21)20-19-9-10-5-6-11(17)8-13(10)18/h5-6,8-9,12,14H,2-4,7H2,1H3,(H,20,21)/b19-9+/t12-,14-,16+/m1/s1. The highest BCUT2D eigenvalue weighted by Gasteiger charge is 2.64. The van der Waals surface area contributed by atoms with Crippen molar-refractivity contribution >= 4 is 35.3 Å². The van der Waals surface area contributed by atoms with Crippen LogP contribution >= 0.6 is 23.2 Å². The van der Waals surface area contributed by atoms with E-state index >= 15 is 0 Å². The minimum Gasteiger partial charge on any atom is -0.273 e. The number of benzene rings is 1. The quantitative estimate of drug-likeness (QED) is 0.654. The van der Waals surface area contributed by atoms with Gasteiger partial charge in [-0.05, 0) is 36.3 Å². The summed E-state index contributed by atoms with van der Waals surface area (Å²) >= 11 is 11.9. The predicted molar refractivity (Wildman–Crippen MR) is 85.8 cm³/mol. The number of halogens is 2. The summed E-state index contributed by atoms with van der Waals surface area (Å²) in [6.45, 7) is 2.22. The van der Waals surface area contributed by atoms with E-state index in [1.807, 2.05) is 0 Å². The van der Waals surface area contributed by atoms with Crippen LogP contribution in [0.15, 0.2) is 23.3 Å². The first-order valence-corrected chi connectivity index (χ1v) is 8.06. The molecular formula is C16H18Cl2N2O. The van der Waals surface area contributed by atoms with Crippen LogP contribution in [0.4, 0.5) is 0 Å². The van der Waals surface area contributed by atoms with Gasteiger partial charge in [0.15, 0.2) is 0 Å². The zero-order valence-corrected chi connectivity index (χ0v) is 13.4. The second-order valence-electron chi connectivity index (χ2n) is 6.24. The Bertz CT molecular complexity index is 602. The van der Waals surface area contributed by atoms with Crippen molar-refractivity contribution in [2.24, 2.45) is 22.4 Å². The summed E-state index contributed by atoms with van der Waals surface area (Å²) in [4.78, 5) is 12.2. The van der Waals surface area contributed by atoms with E-state index in [1.165, 1.54) is 19.3 Å². The molecule has 0 aliphatic heterocycles. The van der Waals surface area contributed by atoms with E-state index in [0.717, 1.165) is 12.0 Å². The maximum atomic E-state index is 12.2. The Labute approximate surface area is 134 Å². The summed E-state index contributed by atoms with van der Waals surface area (Å²) in [5.74, 6) is 0.698. The zero-order chi connectivity index (χ0) is 15.0. The van der Waals surface area contributed by atoms with Crippen LogP contribution in [-0.2, 0) is 4.79 Å². The highest BCUT2D eigenvalue weighted by Crippen LogP contribution is 2.66. The molecule has 0 unspecified atom stereocenters. The Morgan fingerprint density at radius 3 is 2.90 bits per heavy atom. The van der Waals surface area contributed by atoms with Crippen LogP contribution in [0.25, 0.3) is 0 Å². The molecule has 3 rings (SSSR count). The molecule has 112 valence electrons. The van der Waals surface area contributed by atoms with Gasteiger partial charge in [0.1, 0.15) is 0 Å². The van der Waals surface area contributed by atoms with E-state index in [4.69, 9.17) is 23.2 Å². The van der Waals surface area contributed by atoms with E-state index in [1.54, 1.807) is 24.4 Å². The monoisotopic (exact) mass is 324 g/mol. The Morgan fingerprint density at radius 2 is 2.24 bits per heavy atom. The second-order valence-corrected chi connectivity index (χ2v) is 7.08. The van der Waals surface area contributed by atoms with Gasteiger partial charge in [-0.25, -0.2) is 5.43 Å². The average Bonchev–Trinajstić information content (AvgIpc) is 3.07. The number of fused-ring (bicyclic) bond motifs is 1. The average molecular weight is 325 g/mol. The van der Waals surface area contributed by atoms with E-state index in [2.05, 4.69) is 17.5 Å². The van der Waals surface area contributed by atoms with Crippen LogP contribution in [0.2, 0.25) is 10.0 Å². The van der Waals surface area contributed by atoms with Crippen LogP contribution in [0, 0.1) is 17.3 Å². The second kappa shape index (κ2) is 5.62. The lowest BCUT2D eigenvalue weighted by molar-refractivity contribution is -0.123. The Kier molecular flexibility index (Phi) is 3.98. The number of amides is 1. The van der Waals surface area contributed by atoms with Gasteiger partial charge in [0.2, 0.25) is 5.91 Å². The molecule has 0 saturated heterocycles. The van der Waals surface area contributed by atoms with Crippen LogP contribution in [-0.4, -0.2) is 12.1 Å². The zero-order valence-electron chi connectivity index (χ0n) is 11.9. The van der Waals surface area contributed by atoms with Crippen molar-refractivity contribution in [3.05, 3.63) is 33.8 Å². The van der Waals surface area contributed by atoms with Crippen molar-refractivity contribution in [1.82, 2.24) is 5.43 Å². The topological polar surface area (TPSA) is 41.5 Å². The highest BCUT2D eigenvalue weighted by atomic mass is 35.5. The Hall–Kier alpha value is -1.06. The molecule has 1 aromatic rings. The number of nitrogens with one attached hydrogen (secondary N) is 1. The van der Waals surface area contributed by atoms with E-state index in [0.29, 0.717) is 16.0 Å². The smallest absolute Gasteiger partial charge is 0.244 e. The predicted octanol–water partition coefficient (Wildman–Crippen LogP) is 4.27. The summed E-state index contributed by atoms with van der Waals surface area (Å²) < 4.78 is 0. The number of hydrogen-bond donors (Lipinski definition) is 1. The van der Waals surface area contributed by atoms with Gasteiger partial charge < -0.3 is 0 Å². The first-order chi connectivity index (χ1) is 10.0. The van der Waals surface area contributed by atoms with E-state index in [9.17, 15) is 4.79 Å². The molecule has 2 fully saturated rings. The lowest BCUT2D eigenvalue weighted by Crippen LogP contribution is -2.22. The van der Waals surface area contributed by atoms with E-state index in [-0.39, 0.29) is 17.2 Å². The number of hydrogen-bond acceptors (Lipinski definition) is 2. The third-order valence-electron chi connectivity index (χ3n) is 4.95. The molecule has 0 heterocycles. The van der Waals surface area contributed by atoms with Crippen molar-refractivity contribution in [2.75, 3.05) is 0 Å². The van der Waals surface area contributed by atoms with Crippen molar-refractivity contribution in [3.63, 3.8) is 0 Å². The highest BCUT2D eigenvalue weighted by molar-refractivity contribution is 6.36. The molecule has 2 saturated carbocycles. The number of rotatable bonds is 3. The summed E-state index contributed by atoms with van der Waals surface area (Å²) in [7, 11) is 0. The van der Waals surface area contributed by atoms with E-state index < -0.39 is 0 Å². The van der Waals surface area contributed by atoms with Crippen LogP contribution < -0.4 is 5.43 Å². The molecule has 21 heavy (non-hydrogen) atoms. The van der Waals surface area contributed by atoms with Crippen LogP contribution in [0.3, 0.4) is 0 Å². The maximum absolute atomic E-state index is 12.2. The van der Waals surface area contributed by atoms with Gasteiger partial charge in [0.25, 0.3) is 0 Å². The van der Waals surface area contributed by atoms with Crippen molar-refractivity contribution in [3.8, 4) is 0 Å². The minimum absolute atomic E-state index is 0.0331. The minimum atomic E-state index is 0.0331. The van der Waals surface area contributed by atoms with Crippen molar-refractivity contribution in [1.29, 1.82) is 0 Å². The third-order valence-corrected chi connectivity index (χ3v) is 5.52. The van der Waals surface area contributed by atoms with Crippen molar-refractivity contribution in [2.45, 2.75) is 32.6 Å². The van der Waals surface area contributed by atoms with Crippen molar-refractivity contribution < 1.29 is 4.79 Å². The van der Waals surface area contributed by atoms with Gasteiger partial charge in [0, 0.05) is 16.5 Å². The fraction of sp³-hybridized carbons (Fsp3) is 0.500. The molecule has 1 aromatic carbocycles.